The Hall–Kier alpha value is 0.180. The van der Waals surface area contributed by atoms with Gasteiger partial charge in [-0.2, -0.15) is 29.2 Å². The van der Waals surface area contributed by atoms with Crippen molar-refractivity contribution in [3.05, 3.63) is 0 Å². The summed E-state index contributed by atoms with van der Waals surface area (Å²) in [6, 6.07) is 0.724. The van der Waals surface area contributed by atoms with Gasteiger partial charge in [0.15, 0.2) is 0 Å². The highest BCUT2D eigenvalue weighted by atomic mass is 32.2. The van der Waals surface area contributed by atoms with Gasteiger partial charge in [-0.1, -0.05) is 6.42 Å². The maximum atomic E-state index is 12.5. The fourth-order valence-electron chi connectivity index (χ4n) is 2.69. The van der Waals surface area contributed by atoms with E-state index in [9.17, 15) is 8.42 Å². The number of hydrogen-bond donors (Lipinski definition) is 2. The molecule has 1 aliphatic carbocycles. The van der Waals surface area contributed by atoms with Gasteiger partial charge < -0.3 is 5.32 Å². The summed E-state index contributed by atoms with van der Waals surface area (Å²) < 4.78 is 29.5. The molecule has 0 aromatic heterocycles. The lowest BCUT2D eigenvalue weighted by molar-refractivity contribution is 0.241. The van der Waals surface area contributed by atoms with E-state index < -0.39 is 10.2 Å². The van der Waals surface area contributed by atoms with Crippen LogP contribution in [0.5, 0.6) is 0 Å². The minimum atomic E-state index is -3.35. The zero-order chi connectivity index (χ0) is 14.6. The van der Waals surface area contributed by atoms with Gasteiger partial charge in [-0.15, -0.1) is 0 Å². The van der Waals surface area contributed by atoms with Gasteiger partial charge in [-0.05, 0) is 38.9 Å². The lowest BCUT2D eigenvalue weighted by atomic mass is 10.1. The molecule has 1 aliphatic heterocycles. The second kappa shape index (κ2) is 7.45. The van der Waals surface area contributed by atoms with Crippen LogP contribution in [0, 0.1) is 0 Å². The van der Waals surface area contributed by atoms with E-state index in [2.05, 4.69) is 10.0 Å². The predicted molar refractivity (Wildman–Crippen MR) is 85.3 cm³/mol. The van der Waals surface area contributed by atoms with Gasteiger partial charge >= 0.3 is 0 Å². The van der Waals surface area contributed by atoms with Gasteiger partial charge in [-0.3, -0.25) is 0 Å². The van der Waals surface area contributed by atoms with E-state index >= 15 is 0 Å². The molecule has 7 heteroatoms. The Kier molecular flexibility index (Phi) is 6.16. The normalized spacial score (nSPS) is 26.6. The van der Waals surface area contributed by atoms with E-state index in [4.69, 9.17) is 0 Å². The maximum Gasteiger partial charge on any atom is 0.280 e. The number of rotatable bonds is 8. The van der Waals surface area contributed by atoms with Crippen LogP contribution >= 0.6 is 11.8 Å². The van der Waals surface area contributed by atoms with Crippen molar-refractivity contribution in [2.75, 3.05) is 25.1 Å². The molecule has 5 nitrogen and oxygen atoms in total. The summed E-state index contributed by atoms with van der Waals surface area (Å²) in [6.45, 7) is 3.37. The standard InChI is InChI=1S/C13H27N3O2S2/c1-11(10-19-2)15-20(17,18)16-8-4-3-5-13(16)9-14-12-6-7-12/h11-15H,3-10H2,1-2H3. The van der Waals surface area contributed by atoms with Gasteiger partial charge in [0.25, 0.3) is 10.2 Å². The van der Waals surface area contributed by atoms with Crippen molar-refractivity contribution < 1.29 is 8.42 Å². The first-order valence-electron chi connectivity index (χ1n) is 7.54. The molecule has 1 saturated carbocycles. The molecule has 118 valence electrons. The van der Waals surface area contributed by atoms with Crippen molar-refractivity contribution in [1.82, 2.24) is 14.3 Å². The molecule has 0 aromatic carbocycles. The van der Waals surface area contributed by atoms with E-state index in [-0.39, 0.29) is 12.1 Å². The molecule has 2 rings (SSSR count). The molecule has 2 atom stereocenters. The average Bonchev–Trinajstić information content (AvgIpc) is 3.20. The second-order valence-electron chi connectivity index (χ2n) is 5.92. The molecule has 0 aromatic rings. The third kappa shape index (κ3) is 4.87. The molecule has 20 heavy (non-hydrogen) atoms. The highest BCUT2D eigenvalue weighted by molar-refractivity contribution is 7.98. The molecule has 0 spiro atoms. The fraction of sp³-hybridized carbons (Fsp3) is 1.00. The Morgan fingerprint density at radius 1 is 1.30 bits per heavy atom. The summed E-state index contributed by atoms with van der Waals surface area (Å²) in [5, 5.41) is 3.47. The third-order valence-electron chi connectivity index (χ3n) is 3.87. The monoisotopic (exact) mass is 321 g/mol. The van der Waals surface area contributed by atoms with Gasteiger partial charge in [0.1, 0.15) is 0 Å². The predicted octanol–water partition coefficient (Wildman–Crippen LogP) is 1.18. The number of hydrogen-bond acceptors (Lipinski definition) is 4. The first-order valence-corrected chi connectivity index (χ1v) is 10.4. The Labute approximate surface area is 127 Å². The molecule has 2 fully saturated rings. The van der Waals surface area contributed by atoms with Gasteiger partial charge in [-0.25, -0.2) is 0 Å². The third-order valence-corrected chi connectivity index (χ3v) is 6.50. The SMILES string of the molecule is CSCC(C)NS(=O)(=O)N1CCCCC1CNC1CC1. The molecular weight excluding hydrogens is 294 g/mol. The van der Waals surface area contributed by atoms with E-state index in [1.54, 1.807) is 16.1 Å². The van der Waals surface area contributed by atoms with Gasteiger partial charge in [0.2, 0.25) is 0 Å². The lowest BCUT2D eigenvalue weighted by Gasteiger charge is -2.35. The van der Waals surface area contributed by atoms with Crippen LogP contribution in [0.1, 0.15) is 39.0 Å². The van der Waals surface area contributed by atoms with Gasteiger partial charge in [0, 0.05) is 37.0 Å². The zero-order valence-electron chi connectivity index (χ0n) is 12.5. The van der Waals surface area contributed by atoms with Crippen molar-refractivity contribution in [2.24, 2.45) is 0 Å². The van der Waals surface area contributed by atoms with Crippen LogP contribution in [-0.4, -0.2) is 55.9 Å². The Morgan fingerprint density at radius 2 is 2.05 bits per heavy atom. The Balaban J connectivity index is 1.93. The van der Waals surface area contributed by atoms with Crippen LogP contribution in [0.15, 0.2) is 0 Å². The van der Waals surface area contributed by atoms with E-state index in [0.717, 1.165) is 31.6 Å². The first kappa shape index (κ1) is 16.5. The van der Waals surface area contributed by atoms with E-state index in [1.165, 1.54) is 12.8 Å². The van der Waals surface area contributed by atoms with Crippen LogP contribution in [0.4, 0.5) is 0 Å². The summed E-state index contributed by atoms with van der Waals surface area (Å²) in [5.41, 5.74) is 0. The molecule has 1 saturated heterocycles. The van der Waals surface area contributed by atoms with E-state index in [0.29, 0.717) is 12.6 Å². The van der Waals surface area contributed by atoms with E-state index in [1.807, 2.05) is 13.2 Å². The first-order chi connectivity index (χ1) is 9.53. The topological polar surface area (TPSA) is 61.4 Å². The maximum absolute atomic E-state index is 12.5. The molecule has 2 N–H and O–H groups in total. The van der Waals surface area contributed by atoms with Gasteiger partial charge in [0.05, 0.1) is 0 Å². The molecular formula is C13H27N3O2S2. The second-order valence-corrected chi connectivity index (χ2v) is 8.49. The summed E-state index contributed by atoms with van der Waals surface area (Å²) in [7, 11) is -3.35. The summed E-state index contributed by atoms with van der Waals surface area (Å²) in [5.74, 6) is 0.804. The van der Waals surface area contributed by atoms with Crippen molar-refractivity contribution in [2.45, 2.75) is 57.2 Å². The zero-order valence-corrected chi connectivity index (χ0v) is 14.1. The number of nitrogens with zero attached hydrogens (tertiary/aromatic N) is 1. The fourth-order valence-corrected chi connectivity index (χ4v) is 5.05. The lowest BCUT2D eigenvalue weighted by Crippen LogP contribution is -2.54. The number of thioether (sulfide) groups is 1. The van der Waals surface area contributed by atoms with Crippen LogP contribution in [-0.2, 0) is 10.2 Å². The van der Waals surface area contributed by atoms with Crippen molar-refractivity contribution >= 4 is 22.0 Å². The smallest absolute Gasteiger partial charge is 0.280 e. The quantitative estimate of drug-likeness (QED) is 0.705. The highest BCUT2D eigenvalue weighted by Gasteiger charge is 2.33. The van der Waals surface area contributed by atoms with Crippen LogP contribution in [0.25, 0.3) is 0 Å². The van der Waals surface area contributed by atoms with Crippen molar-refractivity contribution in [3.8, 4) is 0 Å². The van der Waals surface area contributed by atoms with Crippen LogP contribution in [0.2, 0.25) is 0 Å². The Morgan fingerprint density at radius 3 is 2.70 bits per heavy atom. The molecule has 2 unspecified atom stereocenters. The number of nitrogens with one attached hydrogen (secondary N) is 2. The van der Waals surface area contributed by atoms with Crippen LogP contribution in [0.3, 0.4) is 0 Å². The average molecular weight is 322 g/mol. The summed E-state index contributed by atoms with van der Waals surface area (Å²) in [4.78, 5) is 0. The summed E-state index contributed by atoms with van der Waals surface area (Å²) >= 11 is 1.66. The number of piperidine rings is 1. The molecule has 1 heterocycles. The van der Waals surface area contributed by atoms with Crippen molar-refractivity contribution in [3.63, 3.8) is 0 Å². The minimum absolute atomic E-state index is 0.0195. The molecule has 0 radical (unpaired) electrons. The van der Waals surface area contributed by atoms with Crippen LogP contribution < -0.4 is 10.0 Å². The summed E-state index contributed by atoms with van der Waals surface area (Å²) in [6.07, 6.45) is 7.54. The minimum Gasteiger partial charge on any atom is -0.312 e. The molecule has 0 bridgehead atoms. The molecule has 0 amide bonds. The highest BCUT2D eigenvalue weighted by Crippen LogP contribution is 2.23. The van der Waals surface area contributed by atoms with Crippen molar-refractivity contribution in [1.29, 1.82) is 0 Å². The molecule has 2 aliphatic rings. The Bertz CT molecular complexity index is 398. The largest absolute Gasteiger partial charge is 0.312 e.